The van der Waals surface area contributed by atoms with Gasteiger partial charge in [0.2, 0.25) is 23.0 Å². The molecule has 1 heterocycles. The van der Waals surface area contributed by atoms with Crippen molar-refractivity contribution in [3.8, 4) is 28.4 Å². The van der Waals surface area contributed by atoms with Gasteiger partial charge in [-0.1, -0.05) is 12.5 Å². The lowest BCUT2D eigenvalue weighted by Crippen LogP contribution is -2.26. The lowest BCUT2D eigenvalue weighted by molar-refractivity contribution is -0.121. The molecule has 0 unspecified atom stereocenters. The molecule has 1 aliphatic rings. The lowest BCUT2D eigenvalue weighted by atomic mass is 9.95. The van der Waals surface area contributed by atoms with Crippen LogP contribution in [0.25, 0.3) is 11.1 Å². The molecule has 1 aliphatic carbocycles. The molecule has 0 fully saturated rings. The number of benzene rings is 1. The number of anilines is 1. The van der Waals surface area contributed by atoms with Crippen LogP contribution in [-0.2, 0) is 29.6 Å². The second kappa shape index (κ2) is 14.6. The number of hydrogen-bond donors (Lipinski definition) is 3. The maximum Gasteiger partial charge on any atom is 0.220 e. The van der Waals surface area contributed by atoms with E-state index in [4.69, 9.17) is 14.2 Å². The van der Waals surface area contributed by atoms with Gasteiger partial charge in [0.1, 0.15) is 0 Å². The van der Waals surface area contributed by atoms with Crippen LogP contribution in [0.5, 0.6) is 17.2 Å². The molecular formula is C33H42N4O6. The number of nitrogens with one attached hydrogen (secondary N) is 3. The predicted octanol–water partition coefficient (Wildman–Crippen LogP) is 4.49. The van der Waals surface area contributed by atoms with Gasteiger partial charge in [0.15, 0.2) is 11.5 Å². The van der Waals surface area contributed by atoms with Crippen molar-refractivity contribution in [2.75, 3.05) is 33.2 Å². The van der Waals surface area contributed by atoms with Gasteiger partial charge in [-0.15, -0.1) is 0 Å². The highest BCUT2D eigenvalue weighted by atomic mass is 16.5. The molecule has 2 amide bonds. The SMILES string of the molecule is COc1cc2c(c(OC)c1OC)-c1ccc(NCCCCCC(=O)NCc3cccn3C)c(=O)cc1[C@@H](NC(C)=O)CC2. The molecular weight excluding hydrogens is 548 g/mol. The molecule has 0 radical (unpaired) electrons. The number of methoxy groups -OCH3 is 3. The summed E-state index contributed by atoms with van der Waals surface area (Å²) in [6.45, 7) is 2.59. The fourth-order valence-corrected chi connectivity index (χ4v) is 5.62. The van der Waals surface area contributed by atoms with Crippen molar-refractivity contribution in [1.29, 1.82) is 0 Å². The number of aromatic nitrogens is 1. The van der Waals surface area contributed by atoms with Crippen molar-refractivity contribution in [3.63, 3.8) is 0 Å². The summed E-state index contributed by atoms with van der Waals surface area (Å²) >= 11 is 0. The Morgan fingerprint density at radius 3 is 2.47 bits per heavy atom. The van der Waals surface area contributed by atoms with Crippen molar-refractivity contribution >= 4 is 17.5 Å². The Bertz CT molecular complexity index is 1520. The fourth-order valence-electron chi connectivity index (χ4n) is 5.62. The number of nitrogens with zero attached hydrogens (tertiary/aromatic N) is 1. The molecule has 2 aromatic carbocycles. The highest BCUT2D eigenvalue weighted by Gasteiger charge is 2.29. The van der Waals surface area contributed by atoms with E-state index < -0.39 is 0 Å². The minimum Gasteiger partial charge on any atom is -0.493 e. The third-order valence-corrected chi connectivity index (χ3v) is 7.83. The van der Waals surface area contributed by atoms with Crippen LogP contribution in [0.1, 0.15) is 61.9 Å². The van der Waals surface area contributed by atoms with Gasteiger partial charge >= 0.3 is 0 Å². The minimum absolute atomic E-state index is 0.0336. The normalized spacial score (nSPS) is 13.7. The molecule has 10 heteroatoms. The highest BCUT2D eigenvalue weighted by molar-refractivity contribution is 5.83. The first-order chi connectivity index (χ1) is 20.8. The van der Waals surface area contributed by atoms with Crippen molar-refractivity contribution in [2.24, 2.45) is 7.05 Å². The van der Waals surface area contributed by atoms with Crippen LogP contribution in [0.4, 0.5) is 5.69 Å². The third-order valence-electron chi connectivity index (χ3n) is 7.83. The van der Waals surface area contributed by atoms with Crippen LogP contribution in [0.2, 0.25) is 0 Å². The van der Waals surface area contributed by atoms with E-state index in [1.807, 2.05) is 42.1 Å². The number of carbonyl (C=O) groups excluding carboxylic acids is 2. The molecule has 1 atom stereocenters. The molecule has 3 N–H and O–H groups in total. The van der Waals surface area contributed by atoms with Crippen molar-refractivity contribution in [1.82, 2.24) is 15.2 Å². The Labute approximate surface area is 252 Å². The van der Waals surface area contributed by atoms with Gasteiger partial charge in [0, 0.05) is 44.4 Å². The topological polar surface area (TPSA) is 120 Å². The van der Waals surface area contributed by atoms with Crippen LogP contribution in [-0.4, -0.2) is 44.3 Å². The summed E-state index contributed by atoms with van der Waals surface area (Å²) in [5.74, 6) is 1.40. The Hall–Kier alpha value is -4.47. The Morgan fingerprint density at radius 1 is 1.00 bits per heavy atom. The fraction of sp³-hybridized carbons (Fsp3) is 0.424. The van der Waals surface area contributed by atoms with E-state index in [1.165, 1.54) is 6.92 Å². The number of hydrogen-bond acceptors (Lipinski definition) is 7. The lowest BCUT2D eigenvalue weighted by Gasteiger charge is -2.19. The zero-order valence-electron chi connectivity index (χ0n) is 25.7. The second-order valence-corrected chi connectivity index (χ2v) is 10.7. The quantitative estimate of drug-likeness (QED) is 0.251. The van der Waals surface area contributed by atoms with Gasteiger partial charge in [-0.25, -0.2) is 0 Å². The predicted molar refractivity (Wildman–Crippen MR) is 167 cm³/mol. The number of fused-ring (bicyclic) bond motifs is 3. The van der Waals surface area contributed by atoms with Crippen LogP contribution in [0, 0.1) is 0 Å². The Balaban J connectivity index is 1.49. The zero-order chi connectivity index (χ0) is 30.9. The molecule has 4 rings (SSSR count). The van der Waals surface area contributed by atoms with E-state index in [1.54, 1.807) is 33.5 Å². The van der Waals surface area contributed by atoms with Gasteiger partial charge in [0.05, 0.1) is 39.6 Å². The van der Waals surface area contributed by atoms with E-state index in [9.17, 15) is 14.4 Å². The summed E-state index contributed by atoms with van der Waals surface area (Å²) in [5.41, 5.74) is 4.66. The van der Waals surface area contributed by atoms with Crippen molar-refractivity contribution in [3.05, 3.63) is 69.6 Å². The van der Waals surface area contributed by atoms with Gasteiger partial charge in [0.25, 0.3) is 0 Å². The molecule has 1 aromatic heterocycles. The summed E-state index contributed by atoms with van der Waals surface area (Å²) in [5, 5.41) is 9.27. The van der Waals surface area contributed by atoms with E-state index in [2.05, 4.69) is 16.0 Å². The van der Waals surface area contributed by atoms with E-state index >= 15 is 0 Å². The number of ether oxygens (including phenoxy) is 3. The minimum atomic E-state index is -0.359. The molecule has 3 aromatic rings. The molecule has 0 bridgehead atoms. The van der Waals surface area contributed by atoms with Gasteiger partial charge < -0.3 is 34.7 Å². The Kier molecular flexibility index (Phi) is 10.7. The van der Waals surface area contributed by atoms with Crippen LogP contribution in [0.3, 0.4) is 0 Å². The van der Waals surface area contributed by atoms with Crippen LogP contribution < -0.4 is 35.6 Å². The summed E-state index contributed by atoms with van der Waals surface area (Å²) in [4.78, 5) is 37.8. The zero-order valence-corrected chi connectivity index (χ0v) is 25.7. The van der Waals surface area contributed by atoms with Gasteiger partial charge in [-0.05, 0) is 72.7 Å². The number of unbranched alkanes of at least 4 members (excludes halogenated alkanes) is 2. The number of amides is 2. The Morgan fingerprint density at radius 2 is 1.79 bits per heavy atom. The summed E-state index contributed by atoms with van der Waals surface area (Å²) in [6.07, 6.45) is 6.08. The molecule has 0 saturated carbocycles. The first-order valence-corrected chi connectivity index (χ1v) is 14.7. The first kappa shape index (κ1) is 31.5. The molecule has 43 heavy (non-hydrogen) atoms. The molecule has 0 aliphatic heterocycles. The number of rotatable bonds is 13. The largest absolute Gasteiger partial charge is 0.493 e. The van der Waals surface area contributed by atoms with Crippen LogP contribution >= 0.6 is 0 Å². The van der Waals surface area contributed by atoms with Gasteiger partial charge in [-0.2, -0.15) is 0 Å². The van der Waals surface area contributed by atoms with Gasteiger partial charge in [-0.3, -0.25) is 14.4 Å². The monoisotopic (exact) mass is 590 g/mol. The molecule has 230 valence electrons. The van der Waals surface area contributed by atoms with Crippen molar-refractivity contribution in [2.45, 2.75) is 58.0 Å². The van der Waals surface area contributed by atoms with E-state index in [0.717, 1.165) is 47.2 Å². The highest BCUT2D eigenvalue weighted by Crippen LogP contribution is 2.50. The summed E-state index contributed by atoms with van der Waals surface area (Å²) < 4.78 is 19.1. The van der Waals surface area contributed by atoms with E-state index in [-0.39, 0.29) is 23.3 Å². The first-order valence-electron chi connectivity index (χ1n) is 14.7. The average molecular weight is 591 g/mol. The summed E-state index contributed by atoms with van der Waals surface area (Å²) in [7, 11) is 6.67. The maximum atomic E-state index is 13.4. The molecule has 0 spiro atoms. The average Bonchev–Trinajstić information content (AvgIpc) is 3.26. The maximum absolute atomic E-state index is 13.4. The van der Waals surface area contributed by atoms with Crippen LogP contribution in [0.15, 0.2) is 47.4 Å². The standard InChI is InChI=1S/C33H42N4O6/c1-21(38)36-26-14-12-22-18-29(41-3)32(42-4)33(43-5)31(22)24-13-15-27(28(39)19-25(24)26)34-16-8-6-7-11-30(40)35-20-23-10-9-17-37(23)2/h9-10,13,15,17-19,26H,6-8,11-12,14,16,20H2,1-5H3,(H,34,39)(H,35,40)(H,36,38)/t26-/m0/s1. The smallest absolute Gasteiger partial charge is 0.220 e. The number of carbonyl (C=O) groups is 2. The summed E-state index contributed by atoms with van der Waals surface area (Å²) in [6, 6.07) is 10.8. The number of aryl methyl sites for hydroxylation is 2. The second-order valence-electron chi connectivity index (χ2n) is 10.7. The van der Waals surface area contributed by atoms with Crippen molar-refractivity contribution < 1.29 is 23.8 Å². The molecule has 0 saturated heterocycles. The van der Waals surface area contributed by atoms with E-state index in [0.29, 0.717) is 55.3 Å². The third kappa shape index (κ3) is 7.49. The molecule has 10 nitrogen and oxygen atoms in total.